The maximum Gasteiger partial charge on any atom is 0.306 e. The molecule has 2 amide bonds. The van der Waals surface area contributed by atoms with Crippen LogP contribution >= 0.6 is 0 Å². The number of ether oxygens (including phenoxy) is 2. The van der Waals surface area contributed by atoms with E-state index >= 15 is 0 Å². The molecule has 1 heterocycles. The smallest absolute Gasteiger partial charge is 0.306 e. The Bertz CT molecular complexity index is 832. The number of benzene rings is 2. The minimum Gasteiger partial charge on any atom is -0.497 e. The van der Waals surface area contributed by atoms with Gasteiger partial charge < -0.3 is 9.47 Å². The number of esters is 1. The predicted octanol–water partition coefficient (Wildman–Crippen LogP) is 3.35. The molecule has 0 unspecified atom stereocenters. The fourth-order valence-electron chi connectivity index (χ4n) is 3.26. The summed E-state index contributed by atoms with van der Waals surface area (Å²) in [7, 11) is 1.55. The lowest BCUT2D eigenvalue weighted by molar-refractivity contribution is -0.145. The zero-order valence-corrected chi connectivity index (χ0v) is 15.8. The highest BCUT2D eigenvalue weighted by Crippen LogP contribution is 2.25. The third-order valence-corrected chi connectivity index (χ3v) is 4.81. The van der Waals surface area contributed by atoms with Crippen molar-refractivity contribution in [2.45, 2.75) is 38.3 Å². The molecule has 6 nitrogen and oxygen atoms in total. The van der Waals surface area contributed by atoms with Crippen molar-refractivity contribution in [2.24, 2.45) is 0 Å². The minimum absolute atomic E-state index is 0.164. The lowest BCUT2D eigenvalue weighted by atomic mass is 10.1. The Morgan fingerprint density at radius 2 is 1.79 bits per heavy atom. The third-order valence-electron chi connectivity index (χ3n) is 4.81. The molecule has 0 aliphatic carbocycles. The topological polar surface area (TPSA) is 72.9 Å². The van der Waals surface area contributed by atoms with Gasteiger partial charge in [0.25, 0.3) is 5.91 Å². The molecule has 0 aromatic heterocycles. The van der Waals surface area contributed by atoms with Crippen molar-refractivity contribution in [3.63, 3.8) is 0 Å². The lowest BCUT2D eigenvalue weighted by Gasteiger charge is -2.23. The molecule has 1 aliphatic rings. The van der Waals surface area contributed by atoms with Crippen LogP contribution in [0.4, 0.5) is 0 Å². The van der Waals surface area contributed by atoms with Gasteiger partial charge >= 0.3 is 5.97 Å². The van der Waals surface area contributed by atoms with Crippen LogP contribution in [-0.4, -0.2) is 35.8 Å². The number of imide groups is 1. The van der Waals surface area contributed by atoms with E-state index in [1.807, 2.05) is 30.3 Å². The van der Waals surface area contributed by atoms with Crippen LogP contribution in [0.3, 0.4) is 0 Å². The summed E-state index contributed by atoms with van der Waals surface area (Å²) in [5.41, 5.74) is 1.34. The molecule has 0 radical (unpaired) electrons. The fourth-order valence-corrected chi connectivity index (χ4v) is 3.26. The summed E-state index contributed by atoms with van der Waals surface area (Å²) in [6.45, 7) is 0.220. The number of hydrogen-bond donors (Lipinski definition) is 0. The second kappa shape index (κ2) is 9.17. The summed E-state index contributed by atoms with van der Waals surface area (Å²) in [4.78, 5) is 38.3. The van der Waals surface area contributed by atoms with Crippen LogP contribution in [0.1, 0.15) is 41.6 Å². The number of carbonyl (C=O) groups is 3. The molecule has 0 N–H and O–H groups in total. The van der Waals surface area contributed by atoms with Gasteiger partial charge in [-0.15, -0.1) is 0 Å². The number of carbonyl (C=O) groups excluding carboxylic acids is 3. The molecular weight excluding hydrogens is 358 g/mol. The first-order chi connectivity index (χ1) is 13.6. The molecule has 1 fully saturated rings. The van der Waals surface area contributed by atoms with Crippen molar-refractivity contribution in [3.05, 3.63) is 65.7 Å². The number of rotatable bonds is 7. The highest BCUT2D eigenvalue weighted by molar-refractivity contribution is 6.06. The maximum atomic E-state index is 12.8. The van der Waals surface area contributed by atoms with E-state index in [4.69, 9.17) is 9.47 Å². The van der Waals surface area contributed by atoms with E-state index in [0.29, 0.717) is 30.6 Å². The van der Waals surface area contributed by atoms with Crippen LogP contribution < -0.4 is 4.74 Å². The van der Waals surface area contributed by atoms with Gasteiger partial charge in [-0.05, 0) is 42.7 Å². The van der Waals surface area contributed by atoms with Crippen molar-refractivity contribution >= 4 is 17.8 Å². The number of likely N-dealkylation sites (tertiary alicyclic amines) is 1. The first-order valence-corrected chi connectivity index (χ1v) is 9.28. The van der Waals surface area contributed by atoms with E-state index in [1.165, 1.54) is 4.90 Å². The van der Waals surface area contributed by atoms with Gasteiger partial charge in [-0.25, -0.2) is 0 Å². The summed E-state index contributed by atoms with van der Waals surface area (Å²) in [5, 5.41) is 0. The first-order valence-electron chi connectivity index (χ1n) is 9.28. The lowest BCUT2D eigenvalue weighted by Crippen LogP contribution is -2.39. The molecule has 0 bridgehead atoms. The Morgan fingerprint density at radius 3 is 2.46 bits per heavy atom. The quantitative estimate of drug-likeness (QED) is 0.543. The number of hydrogen-bond acceptors (Lipinski definition) is 5. The molecule has 1 saturated heterocycles. The van der Waals surface area contributed by atoms with Crippen molar-refractivity contribution in [1.29, 1.82) is 0 Å². The Kier molecular flexibility index (Phi) is 6.42. The van der Waals surface area contributed by atoms with Gasteiger partial charge in [-0.2, -0.15) is 0 Å². The zero-order valence-electron chi connectivity index (χ0n) is 15.8. The summed E-state index contributed by atoms with van der Waals surface area (Å²) >= 11 is 0. The van der Waals surface area contributed by atoms with E-state index < -0.39 is 0 Å². The largest absolute Gasteiger partial charge is 0.497 e. The first kappa shape index (κ1) is 19.6. The monoisotopic (exact) mass is 381 g/mol. The Balaban J connectivity index is 1.55. The molecule has 146 valence electrons. The summed E-state index contributed by atoms with van der Waals surface area (Å²) in [5.74, 6) is -0.238. The van der Waals surface area contributed by atoms with Gasteiger partial charge in [0, 0.05) is 24.4 Å². The average Bonchev–Trinajstić information content (AvgIpc) is 3.11. The molecule has 1 atom stereocenters. The highest BCUT2D eigenvalue weighted by Gasteiger charge is 2.36. The van der Waals surface area contributed by atoms with Gasteiger partial charge in [0.05, 0.1) is 7.11 Å². The predicted molar refractivity (Wildman–Crippen MR) is 103 cm³/mol. The normalized spacial score (nSPS) is 16.1. The van der Waals surface area contributed by atoms with Gasteiger partial charge in [-0.3, -0.25) is 19.3 Å². The van der Waals surface area contributed by atoms with Crippen LogP contribution in [0, 0.1) is 0 Å². The Hall–Kier alpha value is -3.15. The molecule has 28 heavy (non-hydrogen) atoms. The summed E-state index contributed by atoms with van der Waals surface area (Å²) < 4.78 is 10.4. The van der Waals surface area contributed by atoms with Gasteiger partial charge in [0.2, 0.25) is 5.91 Å². The highest BCUT2D eigenvalue weighted by atomic mass is 16.5. The number of methoxy groups -OCH3 is 1. The summed E-state index contributed by atoms with van der Waals surface area (Å²) in [6.07, 6.45) is 1.44. The fraction of sp³-hybridized carbons (Fsp3) is 0.318. The van der Waals surface area contributed by atoms with E-state index in [0.717, 1.165) is 5.56 Å². The van der Waals surface area contributed by atoms with E-state index in [2.05, 4.69) is 0 Å². The van der Waals surface area contributed by atoms with Crippen LogP contribution in [0.15, 0.2) is 54.6 Å². The molecule has 2 aromatic rings. The van der Waals surface area contributed by atoms with Crippen LogP contribution in [0.2, 0.25) is 0 Å². The van der Waals surface area contributed by atoms with E-state index in [-0.39, 0.29) is 36.9 Å². The van der Waals surface area contributed by atoms with Gasteiger partial charge in [-0.1, -0.05) is 30.3 Å². The zero-order chi connectivity index (χ0) is 19.9. The second-order valence-electron chi connectivity index (χ2n) is 6.67. The molecule has 2 aromatic carbocycles. The minimum atomic E-state index is -0.340. The Labute approximate surface area is 164 Å². The van der Waals surface area contributed by atoms with E-state index in [1.54, 1.807) is 31.4 Å². The number of amides is 2. The molecule has 3 rings (SSSR count). The van der Waals surface area contributed by atoms with Crippen LogP contribution in [-0.2, 0) is 20.9 Å². The van der Waals surface area contributed by atoms with Crippen molar-refractivity contribution in [3.8, 4) is 5.75 Å². The molecule has 0 saturated carbocycles. The maximum absolute atomic E-state index is 12.8. The third kappa shape index (κ3) is 4.76. The SMILES string of the molecule is COc1ccc(C(=O)N2C(=O)CC[C@H]2CCC(=O)OCc2ccccc2)cc1. The second-order valence-corrected chi connectivity index (χ2v) is 6.67. The van der Waals surface area contributed by atoms with Crippen molar-refractivity contribution in [2.75, 3.05) is 7.11 Å². The average molecular weight is 381 g/mol. The molecule has 0 spiro atoms. The Morgan fingerprint density at radius 1 is 1.07 bits per heavy atom. The van der Waals surface area contributed by atoms with Gasteiger partial charge in [0.15, 0.2) is 0 Å². The number of nitrogens with zero attached hydrogens (tertiary/aromatic N) is 1. The molecular formula is C22H23NO5. The standard InChI is InChI=1S/C22H23NO5/c1-27-19-11-7-17(8-12-19)22(26)23-18(9-13-20(23)24)10-14-21(25)28-15-16-5-3-2-4-6-16/h2-8,11-12,18H,9-10,13-15H2,1H3/t18-/m0/s1. The summed E-state index contributed by atoms with van der Waals surface area (Å²) in [6, 6.07) is 15.8. The van der Waals surface area contributed by atoms with Crippen molar-refractivity contribution in [1.82, 2.24) is 4.90 Å². The van der Waals surface area contributed by atoms with Crippen LogP contribution in [0.25, 0.3) is 0 Å². The molecule has 1 aliphatic heterocycles. The molecule has 6 heteroatoms. The van der Waals surface area contributed by atoms with Crippen LogP contribution in [0.5, 0.6) is 5.75 Å². The van der Waals surface area contributed by atoms with Gasteiger partial charge in [0.1, 0.15) is 12.4 Å². The van der Waals surface area contributed by atoms with Crippen molar-refractivity contribution < 1.29 is 23.9 Å². The van der Waals surface area contributed by atoms with E-state index in [9.17, 15) is 14.4 Å².